The van der Waals surface area contributed by atoms with Crippen LogP contribution in [0.1, 0.15) is 16.7 Å². The molecule has 0 aliphatic rings. The molecule has 26 heavy (non-hydrogen) atoms. The first-order valence-electron chi connectivity index (χ1n) is 8.39. The van der Waals surface area contributed by atoms with Crippen LogP contribution in [0.2, 0.25) is 0 Å². The van der Waals surface area contributed by atoms with Gasteiger partial charge >= 0.3 is 0 Å². The van der Waals surface area contributed by atoms with Gasteiger partial charge in [-0.25, -0.2) is 5.43 Å². The average molecular weight is 344 g/mol. The number of aromatic nitrogens is 1. The zero-order valence-corrected chi connectivity index (χ0v) is 14.3. The van der Waals surface area contributed by atoms with E-state index in [0.29, 0.717) is 6.54 Å². The number of carbonyl (C=O) groups is 1. The van der Waals surface area contributed by atoms with Crippen molar-refractivity contribution in [2.45, 2.75) is 13.0 Å². The molecular weight excluding hydrogens is 324 g/mol. The number of hydrazine groups is 1. The Morgan fingerprint density at radius 1 is 0.923 bits per heavy atom. The van der Waals surface area contributed by atoms with Gasteiger partial charge in [-0.05, 0) is 41.3 Å². The van der Waals surface area contributed by atoms with E-state index in [1.807, 2.05) is 54.6 Å². The molecule has 1 amide bonds. The molecule has 130 valence electrons. The average Bonchev–Trinajstić information content (AvgIpc) is 2.69. The molecule has 0 aliphatic carbocycles. The van der Waals surface area contributed by atoms with E-state index in [-0.39, 0.29) is 5.91 Å². The minimum absolute atomic E-state index is 0.298. The second-order valence-electron chi connectivity index (χ2n) is 5.75. The molecule has 5 heteroatoms. The van der Waals surface area contributed by atoms with E-state index in [1.165, 1.54) is 11.8 Å². The normalized spacial score (nSPS) is 10.8. The third-order valence-electron chi connectivity index (χ3n) is 3.80. The number of aliphatic imine (C=N–C) groups is 1. The maximum absolute atomic E-state index is 11.9. The van der Waals surface area contributed by atoms with Gasteiger partial charge in [-0.15, -0.1) is 0 Å². The number of rotatable bonds is 7. The van der Waals surface area contributed by atoms with Crippen molar-refractivity contribution in [3.8, 4) is 0 Å². The van der Waals surface area contributed by atoms with Crippen molar-refractivity contribution in [1.82, 2.24) is 15.8 Å². The highest BCUT2D eigenvalue weighted by atomic mass is 16.2. The molecule has 1 heterocycles. The Morgan fingerprint density at radius 2 is 1.65 bits per heavy atom. The van der Waals surface area contributed by atoms with Gasteiger partial charge < -0.3 is 0 Å². The summed E-state index contributed by atoms with van der Waals surface area (Å²) < 4.78 is 0. The lowest BCUT2D eigenvalue weighted by Crippen LogP contribution is -2.37. The number of para-hydroxylation sites is 1. The molecule has 0 spiro atoms. The maximum atomic E-state index is 11.9. The predicted molar refractivity (Wildman–Crippen MR) is 103 cm³/mol. The standard InChI is InChI=1S/C21H20N4O/c26-21(25-24-15-18-10-12-22-13-11-18)16-23-20-9-5-4-8-19(20)14-17-6-2-1-3-7-17/h1-13,16,24H,14-15H2,(H,25,26). The molecule has 5 nitrogen and oxygen atoms in total. The largest absolute Gasteiger partial charge is 0.286 e. The van der Waals surface area contributed by atoms with Crippen LogP contribution in [0, 0.1) is 0 Å². The number of pyridine rings is 1. The fourth-order valence-electron chi connectivity index (χ4n) is 2.50. The van der Waals surface area contributed by atoms with E-state index in [0.717, 1.165) is 23.2 Å². The van der Waals surface area contributed by atoms with Crippen LogP contribution in [0.5, 0.6) is 0 Å². The van der Waals surface area contributed by atoms with E-state index in [9.17, 15) is 4.79 Å². The number of carbonyl (C=O) groups excluding carboxylic acids is 1. The summed E-state index contributed by atoms with van der Waals surface area (Å²) in [5, 5.41) is 0. The topological polar surface area (TPSA) is 66.4 Å². The first-order chi connectivity index (χ1) is 12.8. The molecular formula is C21H20N4O. The second kappa shape index (κ2) is 9.25. The van der Waals surface area contributed by atoms with Crippen LogP contribution in [0.4, 0.5) is 5.69 Å². The highest BCUT2D eigenvalue weighted by Gasteiger charge is 2.02. The van der Waals surface area contributed by atoms with Gasteiger partial charge in [-0.2, -0.15) is 0 Å². The minimum Gasteiger partial charge on any atom is -0.286 e. The number of nitrogens with one attached hydrogen (secondary N) is 2. The number of amides is 1. The molecule has 3 aromatic rings. The fourth-order valence-corrected chi connectivity index (χ4v) is 2.50. The predicted octanol–water partition coefficient (Wildman–Crippen LogP) is 3.20. The summed E-state index contributed by atoms with van der Waals surface area (Å²) in [5.41, 5.74) is 9.59. The summed E-state index contributed by atoms with van der Waals surface area (Å²) in [7, 11) is 0. The molecule has 1 aromatic heterocycles. The molecule has 0 fully saturated rings. The van der Waals surface area contributed by atoms with Crippen LogP contribution >= 0.6 is 0 Å². The molecule has 0 unspecified atom stereocenters. The Kier molecular flexibility index (Phi) is 6.23. The Bertz CT molecular complexity index is 863. The number of hydrogen-bond donors (Lipinski definition) is 2. The molecule has 0 bridgehead atoms. The molecule has 0 saturated carbocycles. The highest BCUT2D eigenvalue weighted by Crippen LogP contribution is 2.21. The Hall–Kier alpha value is -3.31. The van der Waals surface area contributed by atoms with Gasteiger partial charge in [0.25, 0.3) is 5.91 Å². The number of benzene rings is 2. The number of nitrogens with zero attached hydrogens (tertiary/aromatic N) is 2. The lowest BCUT2D eigenvalue weighted by molar-refractivity contribution is -0.115. The van der Waals surface area contributed by atoms with Crippen LogP contribution in [-0.4, -0.2) is 17.1 Å². The third kappa shape index (κ3) is 5.36. The summed E-state index contributed by atoms with van der Waals surface area (Å²) in [4.78, 5) is 20.2. The fraction of sp³-hybridized carbons (Fsp3) is 0.0952. The molecule has 0 saturated heterocycles. The maximum Gasteiger partial charge on any atom is 0.276 e. The van der Waals surface area contributed by atoms with Gasteiger partial charge in [0, 0.05) is 18.9 Å². The Balaban J connectivity index is 1.57. The molecule has 2 N–H and O–H groups in total. The molecule has 2 aromatic carbocycles. The van der Waals surface area contributed by atoms with Gasteiger partial charge in [0.05, 0.1) is 11.9 Å². The monoisotopic (exact) mass is 344 g/mol. The van der Waals surface area contributed by atoms with Crippen LogP contribution in [0.15, 0.2) is 84.1 Å². The lowest BCUT2D eigenvalue weighted by Gasteiger charge is -2.06. The summed E-state index contributed by atoms with van der Waals surface area (Å²) in [6.07, 6.45) is 5.49. The van der Waals surface area contributed by atoms with E-state index >= 15 is 0 Å². The molecule has 0 atom stereocenters. The quantitative estimate of drug-likeness (QED) is 0.511. The summed E-state index contributed by atoms with van der Waals surface area (Å²) in [5.74, 6) is -0.298. The highest BCUT2D eigenvalue weighted by molar-refractivity contribution is 6.26. The van der Waals surface area contributed by atoms with E-state index < -0.39 is 0 Å². The van der Waals surface area contributed by atoms with Crippen LogP contribution < -0.4 is 10.9 Å². The van der Waals surface area contributed by atoms with Gasteiger partial charge in [0.2, 0.25) is 0 Å². The first-order valence-corrected chi connectivity index (χ1v) is 8.39. The van der Waals surface area contributed by atoms with Crippen LogP contribution in [0.3, 0.4) is 0 Å². The smallest absolute Gasteiger partial charge is 0.276 e. The Morgan fingerprint density at radius 3 is 2.46 bits per heavy atom. The van der Waals surface area contributed by atoms with Crippen molar-refractivity contribution < 1.29 is 4.79 Å². The van der Waals surface area contributed by atoms with Crippen LogP contribution in [0.25, 0.3) is 0 Å². The molecule has 0 aliphatic heterocycles. The van der Waals surface area contributed by atoms with Crippen molar-refractivity contribution in [2.75, 3.05) is 0 Å². The third-order valence-corrected chi connectivity index (χ3v) is 3.80. The van der Waals surface area contributed by atoms with Crippen LogP contribution in [-0.2, 0) is 17.8 Å². The van der Waals surface area contributed by atoms with Crippen molar-refractivity contribution >= 4 is 17.8 Å². The first kappa shape index (κ1) is 17.5. The molecule has 0 radical (unpaired) electrons. The van der Waals surface area contributed by atoms with E-state index in [1.54, 1.807) is 12.4 Å². The summed E-state index contributed by atoms with van der Waals surface area (Å²) in [6, 6.07) is 21.8. The van der Waals surface area contributed by atoms with Gasteiger partial charge in [0.1, 0.15) is 0 Å². The minimum atomic E-state index is -0.298. The van der Waals surface area contributed by atoms with Crippen molar-refractivity contribution in [2.24, 2.45) is 4.99 Å². The SMILES string of the molecule is O=C(C=Nc1ccccc1Cc1ccccc1)NNCc1ccncc1. The van der Waals surface area contributed by atoms with Crippen molar-refractivity contribution in [3.63, 3.8) is 0 Å². The summed E-state index contributed by atoms with van der Waals surface area (Å²) in [6.45, 7) is 0.521. The van der Waals surface area contributed by atoms with Crippen molar-refractivity contribution in [1.29, 1.82) is 0 Å². The van der Waals surface area contributed by atoms with Crippen molar-refractivity contribution in [3.05, 3.63) is 95.8 Å². The summed E-state index contributed by atoms with van der Waals surface area (Å²) >= 11 is 0. The zero-order chi connectivity index (χ0) is 18.0. The van der Waals surface area contributed by atoms with Gasteiger partial charge in [0.15, 0.2) is 0 Å². The lowest BCUT2D eigenvalue weighted by atomic mass is 10.0. The van der Waals surface area contributed by atoms with Gasteiger partial charge in [-0.3, -0.25) is 20.2 Å². The number of hydrogen-bond acceptors (Lipinski definition) is 4. The second-order valence-corrected chi connectivity index (χ2v) is 5.75. The van der Waals surface area contributed by atoms with Gasteiger partial charge in [-0.1, -0.05) is 48.5 Å². The Labute approximate surface area is 152 Å². The van der Waals surface area contributed by atoms with E-state index in [2.05, 4.69) is 33.0 Å². The molecule has 3 rings (SSSR count). The zero-order valence-electron chi connectivity index (χ0n) is 14.3. The van der Waals surface area contributed by atoms with E-state index in [4.69, 9.17) is 0 Å².